The lowest BCUT2D eigenvalue weighted by Crippen LogP contribution is -2.18. The number of fused-ring (bicyclic) bond motifs is 1. The largest absolute Gasteiger partial charge is 0.492 e. The fourth-order valence-electron chi connectivity index (χ4n) is 2.65. The maximum Gasteiger partial charge on any atom is 0.193 e. The topological polar surface area (TPSA) is 52.3 Å². The van der Waals surface area contributed by atoms with Gasteiger partial charge >= 0.3 is 0 Å². The highest BCUT2D eigenvalue weighted by Crippen LogP contribution is 2.39. The standard InChI is InChI=1S/C18H19NO2/c1-11-8-12(4-6-15(11)19)17(20)13-5-7-16-14(9-13)18(2,3)10-21-16/h4-9H,10,19H2,1-3H3. The van der Waals surface area contributed by atoms with Crippen LogP contribution in [0.4, 0.5) is 5.69 Å². The van der Waals surface area contributed by atoms with Crippen molar-refractivity contribution in [2.24, 2.45) is 0 Å². The van der Waals surface area contributed by atoms with Crippen LogP contribution in [0.3, 0.4) is 0 Å². The van der Waals surface area contributed by atoms with Gasteiger partial charge < -0.3 is 10.5 Å². The van der Waals surface area contributed by atoms with E-state index >= 15 is 0 Å². The van der Waals surface area contributed by atoms with Gasteiger partial charge in [-0.05, 0) is 48.9 Å². The number of hydrogen-bond donors (Lipinski definition) is 1. The van der Waals surface area contributed by atoms with E-state index in [-0.39, 0.29) is 11.2 Å². The van der Waals surface area contributed by atoms with Crippen molar-refractivity contribution in [2.75, 3.05) is 12.3 Å². The van der Waals surface area contributed by atoms with Crippen molar-refractivity contribution in [3.8, 4) is 5.75 Å². The number of ketones is 1. The molecule has 108 valence electrons. The highest BCUT2D eigenvalue weighted by atomic mass is 16.5. The third-order valence-corrected chi connectivity index (χ3v) is 4.09. The van der Waals surface area contributed by atoms with Crippen molar-refractivity contribution in [3.63, 3.8) is 0 Å². The van der Waals surface area contributed by atoms with Gasteiger partial charge in [-0.1, -0.05) is 13.8 Å². The SMILES string of the molecule is Cc1cc(C(=O)c2ccc3c(c2)C(C)(C)CO3)ccc1N. The van der Waals surface area contributed by atoms with E-state index in [1.165, 1.54) is 0 Å². The Morgan fingerprint density at radius 2 is 1.81 bits per heavy atom. The first-order valence-electron chi connectivity index (χ1n) is 7.07. The molecule has 21 heavy (non-hydrogen) atoms. The maximum absolute atomic E-state index is 12.6. The average molecular weight is 281 g/mol. The summed E-state index contributed by atoms with van der Waals surface area (Å²) in [5.41, 5.74) is 9.84. The molecule has 3 heteroatoms. The molecule has 0 spiro atoms. The second kappa shape index (κ2) is 4.62. The predicted octanol–water partition coefficient (Wildman–Crippen LogP) is 3.48. The molecule has 1 aliphatic rings. The summed E-state index contributed by atoms with van der Waals surface area (Å²) >= 11 is 0. The van der Waals surface area contributed by atoms with Crippen molar-refractivity contribution >= 4 is 11.5 Å². The van der Waals surface area contributed by atoms with Gasteiger partial charge in [0.1, 0.15) is 5.75 Å². The quantitative estimate of drug-likeness (QED) is 0.677. The number of anilines is 1. The van der Waals surface area contributed by atoms with Crippen LogP contribution in [0.1, 0.15) is 40.9 Å². The zero-order valence-corrected chi connectivity index (χ0v) is 12.6. The van der Waals surface area contributed by atoms with Crippen LogP contribution in [0.2, 0.25) is 0 Å². The average Bonchev–Trinajstić information content (AvgIpc) is 2.76. The number of hydrogen-bond acceptors (Lipinski definition) is 3. The highest BCUT2D eigenvalue weighted by Gasteiger charge is 2.32. The molecule has 2 aromatic rings. The molecule has 0 radical (unpaired) electrons. The molecular weight excluding hydrogens is 262 g/mol. The van der Waals surface area contributed by atoms with Crippen molar-refractivity contribution in [1.29, 1.82) is 0 Å². The van der Waals surface area contributed by atoms with Crippen molar-refractivity contribution in [3.05, 3.63) is 58.7 Å². The summed E-state index contributed by atoms with van der Waals surface area (Å²) in [5.74, 6) is 0.897. The zero-order chi connectivity index (χ0) is 15.2. The van der Waals surface area contributed by atoms with Gasteiger partial charge in [0.25, 0.3) is 0 Å². The maximum atomic E-state index is 12.6. The van der Waals surface area contributed by atoms with Crippen LogP contribution < -0.4 is 10.5 Å². The summed E-state index contributed by atoms with van der Waals surface area (Å²) in [5, 5.41) is 0. The number of carbonyl (C=O) groups is 1. The van der Waals surface area contributed by atoms with Gasteiger partial charge in [0, 0.05) is 27.8 Å². The molecule has 2 N–H and O–H groups in total. The summed E-state index contributed by atoms with van der Waals surface area (Å²) in [6.07, 6.45) is 0. The molecule has 0 atom stereocenters. The molecule has 0 amide bonds. The Bertz CT molecular complexity index is 732. The van der Waals surface area contributed by atoms with E-state index < -0.39 is 0 Å². The van der Waals surface area contributed by atoms with E-state index in [0.717, 1.165) is 16.9 Å². The van der Waals surface area contributed by atoms with E-state index in [4.69, 9.17) is 10.5 Å². The van der Waals surface area contributed by atoms with Crippen molar-refractivity contribution in [2.45, 2.75) is 26.2 Å². The number of benzene rings is 2. The van der Waals surface area contributed by atoms with Gasteiger partial charge in [-0.15, -0.1) is 0 Å². The van der Waals surface area contributed by atoms with Crippen LogP contribution in [0.15, 0.2) is 36.4 Å². The molecule has 0 saturated heterocycles. The third-order valence-electron chi connectivity index (χ3n) is 4.09. The normalized spacial score (nSPS) is 15.4. The van der Waals surface area contributed by atoms with E-state index in [0.29, 0.717) is 23.4 Å². The fourth-order valence-corrected chi connectivity index (χ4v) is 2.65. The molecule has 1 heterocycles. The van der Waals surface area contributed by atoms with E-state index in [1.807, 2.05) is 31.2 Å². The first-order chi connectivity index (χ1) is 9.88. The Morgan fingerprint density at radius 3 is 2.52 bits per heavy atom. The van der Waals surface area contributed by atoms with Gasteiger partial charge in [-0.2, -0.15) is 0 Å². The molecule has 0 bridgehead atoms. The van der Waals surface area contributed by atoms with E-state index in [1.54, 1.807) is 12.1 Å². The second-order valence-corrected chi connectivity index (χ2v) is 6.28. The molecule has 0 aliphatic carbocycles. The molecule has 0 fully saturated rings. The first kappa shape index (κ1) is 13.7. The molecule has 2 aromatic carbocycles. The van der Waals surface area contributed by atoms with Gasteiger partial charge in [-0.25, -0.2) is 0 Å². The summed E-state index contributed by atoms with van der Waals surface area (Å²) in [7, 11) is 0. The first-order valence-corrected chi connectivity index (χ1v) is 7.07. The third kappa shape index (κ3) is 2.29. The second-order valence-electron chi connectivity index (χ2n) is 6.28. The number of ether oxygens (including phenoxy) is 1. The lowest BCUT2D eigenvalue weighted by atomic mass is 9.85. The minimum atomic E-state index is -0.0529. The summed E-state index contributed by atoms with van der Waals surface area (Å²) in [6, 6.07) is 11.1. The number of nitrogens with two attached hydrogens (primary N) is 1. The number of aryl methyl sites for hydroxylation is 1. The Balaban J connectivity index is 2.01. The fraction of sp³-hybridized carbons (Fsp3) is 0.278. The number of nitrogen functional groups attached to an aromatic ring is 1. The zero-order valence-electron chi connectivity index (χ0n) is 12.6. The minimum absolute atomic E-state index is 0.0172. The Kier molecular flexibility index (Phi) is 3.01. The molecule has 1 aliphatic heterocycles. The molecule has 0 aromatic heterocycles. The molecule has 3 nitrogen and oxygen atoms in total. The molecule has 0 unspecified atom stereocenters. The Hall–Kier alpha value is -2.29. The molecule has 0 saturated carbocycles. The van der Waals surface area contributed by atoms with Gasteiger partial charge in [0.05, 0.1) is 6.61 Å². The monoisotopic (exact) mass is 281 g/mol. The van der Waals surface area contributed by atoms with Gasteiger partial charge in [-0.3, -0.25) is 4.79 Å². The van der Waals surface area contributed by atoms with Crippen LogP contribution >= 0.6 is 0 Å². The van der Waals surface area contributed by atoms with Crippen LogP contribution in [0.5, 0.6) is 5.75 Å². The highest BCUT2D eigenvalue weighted by molar-refractivity contribution is 6.09. The van der Waals surface area contributed by atoms with Gasteiger partial charge in [0.2, 0.25) is 0 Å². The molecule has 3 rings (SSSR count). The number of rotatable bonds is 2. The van der Waals surface area contributed by atoms with Crippen LogP contribution in [-0.2, 0) is 5.41 Å². The lowest BCUT2D eigenvalue weighted by molar-refractivity contribution is 0.103. The van der Waals surface area contributed by atoms with Crippen LogP contribution in [0.25, 0.3) is 0 Å². The Labute approximate surface area is 124 Å². The summed E-state index contributed by atoms with van der Waals surface area (Å²) in [6.45, 7) is 6.81. The van der Waals surface area contributed by atoms with Crippen LogP contribution in [-0.4, -0.2) is 12.4 Å². The molecular formula is C18H19NO2. The summed E-state index contributed by atoms with van der Waals surface area (Å²) < 4.78 is 5.66. The predicted molar refractivity (Wildman–Crippen MR) is 84.0 cm³/mol. The lowest BCUT2D eigenvalue weighted by Gasteiger charge is -2.15. The number of carbonyl (C=O) groups excluding carboxylic acids is 1. The Morgan fingerprint density at radius 1 is 1.14 bits per heavy atom. The minimum Gasteiger partial charge on any atom is -0.492 e. The van der Waals surface area contributed by atoms with Crippen molar-refractivity contribution in [1.82, 2.24) is 0 Å². The van der Waals surface area contributed by atoms with Gasteiger partial charge in [0.15, 0.2) is 5.78 Å². The smallest absolute Gasteiger partial charge is 0.193 e. The van der Waals surface area contributed by atoms with E-state index in [2.05, 4.69) is 13.8 Å². The van der Waals surface area contributed by atoms with Crippen molar-refractivity contribution < 1.29 is 9.53 Å². The summed E-state index contributed by atoms with van der Waals surface area (Å²) in [4.78, 5) is 12.6. The van der Waals surface area contributed by atoms with E-state index in [9.17, 15) is 4.79 Å². The van der Waals surface area contributed by atoms with Crippen LogP contribution in [0, 0.1) is 6.92 Å².